The Morgan fingerprint density at radius 3 is 1.93 bits per heavy atom. The highest BCUT2D eigenvalue weighted by molar-refractivity contribution is 7.86. The fourth-order valence-corrected chi connectivity index (χ4v) is 10.0. The van der Waals surface area contributed by atoms with Gasteiger partial charge in [-0.25, -0.2) is 0 Å². The SMILES string of the molecule is CC1(C)C(=CC2C(=O)C(=CC3=[N+](CCCS(=O)(=O)O)c4ccc(S(=O)(=O)O)cc4[C@@]3(C)CCCCC(=O)O)C2O)N(CCCS(=O)(=O)O)c2ccc(S(=O)(=O)O)cc21. The number of ketones is 1. The van der Waals surface area contributed by atoms with Gasteiger partial charge >= 0.3 is 5.97 Å². The third-order valence-electron chi connectivity index (χ3n) is 10.9. The first kappa shape index (κ1) is 45.2. The maximum absolute atomic E-state index is 14.1. The molecule has 6 N–H and O–H groups in total. The van der Waals surface area contributed by atoms with Crippen LogP contribution in [-0.4, -0.2) is 115 Å². The van der Waals surface area contributed by atoms with E-state index in [1.54, 1.807) is 30.2 Å². The Labute approximate surface area is 336 Å². The number of unbranched alkanes of at least 4 members (excludes halogenated alkanes) is 1. The molecule has 2 unspecified atom stereocenters. The van der Waals surface area contributed by atoms with Crippen LogP contribution in [-0.2, 0) is 60.9 Å². The van der Waals surface area contributed by atoms with Gasteiger partial charge in [0.2, 0.25) is 5.69 Å². The highest BCUT2D eigenvalue weighted by atomic mass is 32.2. The molecule has 0 radical (unpaired) electrons. The molecule has 1 saturated carbocycles. The molecule has 5 rings (SSSR count). The van der Waals surface area contributed by atoms with Crippen LogP contribution >= 0.6 is 0 Å². The van der Waals surface area contributed by atoms with Crippen LogP contribution in [0.1, 0.15) is 70.4 Å². The molecule has 1 aliphatic carbocycles. The maximum atomic E-state index is 14.1. The van der Waals surface area contributed by atoms with Crippen LogP contribution in [0, 0.1) is 5.92 Å². The molecule has 2 aromatic carbocycles. The van der Waals surface area contributed by atoms with E-state index < -0.39 is 96.4 Å². The summed E-state index contributed by atoms with van der Waals surface area (Å²) < 4.78 is 135. The van der Waals surface area contributed by atoms with Gasteiger partial charge in [-0.05, 0) is 62.1 Å². The van der Waals surface area contributed by atoms with E-state index in [0.717, 1.165) is 12.1 Å². The summed E-state index contributed by atoms with van der Waals surface area (Å²) >= 11 is 0. The van der Waals surface area contributed by atoms with E-state index in [9.17, 15) is 71.7 Å². The van der Waals surface area contributed by atoms with Gasteiger partial charge in [0, 0.05) is 59.5 Å². The summed E-state index contributed by atoms with van der Waals surface area (Å²) in [5, 5.41) is 20.9. The van der Waals surface area contributed by atoms with Crippen molar-refractivity contribution in [1.29, 1.82) is 0 Å². The molecule has 0 amide bonds. The fourth-order valence-electron chi connectivity index (χ4n) is 8.00. The fraction of sp³-hybridized carbons (Fsp3) is 0.472. The number of aliphatic carboxylic acids is 1. The summed E-state index contributed by atoms with van der Waals surface area (Å²) in [4.78, 5) is 26.2. The van der Waals surface area contributed by atoms with Crippen LogP contribution in [0.4, 0.5) is 11.4 Å². The van der Waals surface area contributed by atoms with Crippen molar-refractivity contribution in [2.75, 3.05) is 29.5 Å². The highest BCUT2D eigenvalue weighted by Gasteiger charge is 2.52. The lowest BCUT2D eigenvalue weighted by Gasteiger charge is -2.35. The molecule has 1 fully saturated rings. The second-order valence-electron chi connectivity index (χ2n) is 15.3. The molecule has 18 nitrogen and oxygen atoms in total. The van der Waals surface area contributed by atoms with Gasteiger partial charge < -0.3 is 15.1 Å². The van der Waals surface area contributed by atoms with Gasteiger partial charge in [0.15, 0.2) is 11.5 Å². The number of nitrogens with zero attached hydrogens (tertiary/aromatic N) is 2. The van der Waals surface area contributed by atoms with Gasteiger partial charge in [0.1, 0.15) is 6.54 Å². The third kappa shape index (κ3) is 9.44. The molecule has 3 aliphatic rings. The minimum absolute atomic E-state index is 0.0204. The maximum Gasteiger partial charge on any atom is 0.303 e. The topological polar surface area (TPSA) is 298 Å². The number of hydrogen-bond donors (Lipinski definition) is 6. The van der Waals surface area contributed by atoms with Crippen LogP contribution in [0.15, 0.2) is 69.6 Å². The molecule has 0 aromatic heterocycles. The van der Waals surface area contributed by atoms with E-state index in [1.165, 1.54) is 36.4 Å². The van der Waals surface area contributed by atoms with Crippen molar-refractivity contribution in [2.45, 2.75) is 86.0 Å². The predicted molar refractivity (Wildman–Crippen MR) is 209 cm³/mol. The molecule has 22 heteroatoms. The summed E-state index contributed by atoms with van der Waals surface area (Å²) in [5.74, 6) is -4.06. The number of aliphatic hydroxyl groups excluding tert-OH is 1. The second-order valence-corrected chi connectivity index (χ2v) is 21.3. The number of aliphatic hydroxyl groups is 1. The molecular weight excluding hydrogens is 845 g/mol. The molecule has 58 heavy (non-hydrogen) atoms. The summed E-state index contributed by atoms with van der Waals surface area (Å²) in [6.45, 7) is 5.01. The van der Waals surface area contributed by atoms with Crippen molar-refractivity contribution < 1.29 is 76.3 Å². The van der Waals surface area contributed by atoms with Crippen molar-refractivity contribution in [1.82, 2.24) is 0 Å². The zero-order valence-electron chi connectivity index (χ0n) is 31.6. The lowest BCUT2D eigenvalue weighted by Crippen LogP contribution is -2.46. The average molecular weight is 890 g/mol. The molecule has 2 heterocycles. The lowest BCUT2D eigenvalue weighted by molar-refractivity contribution is -0.437. The molecular formula is C36H45N2O16S4+. The highest BCUT2D eigenvalue weighted by Crippen LogP contribution is 2.51. The number of rotatable bonds is 17. The summed E-state index contributed by atoms with van der Waals surface area (Å²) in [6, 6.07) is 7.58. The van der Waals surface area contributed by atoms with Gasteiger partial charge in [-0.1, -0.05) is 26.3 Å². The molecule has 2 aliphatic heterocycles. The number of fused-ring (bicyclic) bond motifs is 2. The zero-order chi connectivity index (χ0) is 43.4. The zero-order valence-corrected chi connectivity index (χ0v) is 34.9. The first-order valence-corrected chi connectivity index (χ1v) is 24.1. The van der Waals surface area contributed by atoms with Gasteiger partial charge in [-0.15, -0.1) is 0 Å². The molecule has 0 saturated heterocycles. The van der Waals surface area contributed by atoms with E-state index in [-0.39, 0.29) is 57.2 Å². The van der Waals surface area contributed by atoms with E-state index in [4.69, 9.17) is 0 Å². The van der Waals surface area contributed by atoms with E-state index in [2.05, 4.69) is 0 Å². The van der Waals surface area contributed by atoms with E-state index in [1.807, 2.05) is 0 Å². The number of carboxylic acid groups (broad SMARTS) is 1. The van der Waals surface area contributed by atoms with Crippen LogP contribution in [0.25, 0.3) is 0 Å². The van der Waals surface area contributed by atoms with Crippen molar-refractivity contribution in [3.05, 3.63) is 70.9 Å². The summed E-state index contributed by atoms with van der Waals surface area (Å²) in [6.07, 6.45) is 1.72. The first-order chi connectivity index (χ1) is 26.6. The average Bonchev–Trinajstić information content (AvgIpc) is 3.44. The largest absolute Gasteiger partial charge is 0.481 e. The Bertz CT molecular complexity index is 2600. The van der Waals surface area contributed by atoms with Gasteiger partial charge in [0.25, 0.3) is 40.5 Å². The van der Waals surface area contributed by atoms with E-state index in [0.29, 0.717) is 33.9 Å². The van der Waals surface area contributed by atoms with Crippen molar-refractivity contribution in [3.63, 3.8) is 0 Å². The monoisotopic (exact) mass is 889 g/mol. The molecule has 3 atom stereocenters. The number of carboxylic acids is 1. The number of hydrogen-bond acceptors (Lipinski definition) is 12. The summed E-state index contributed by atoms with van der Waals surface area (Å²) in [7, 11) is -18.1. The third-order valence-corrected chi connectivity index (χ3v) is 14.2. The number of carbonyl (C=O) groups is 2. The summed E-state index contributed by atoms with van der Waals surface area (Å²) in [5.41, 5.74) is -0.0681. The number of allylic oxidation sites excluding steroid dienone is 2. The Morgan fingerprint density at radius 1 is 0.810 bits per heavy atom. The van der Waals surface area contributed by atoms with Crippen LogP contribution in [0.2, 0.25) is 0 Å². The van der Waals surface area contributed by atoms with Crippen LogP contribution in [0.5, 0.6) is 0 Å². The number of benzene rings is 2. The Hall–Kier alpha value is -3.87. The minimum Gasteiger partial charge on any atom is -0.481 e. The Balaban J connectivity index is 1.60. The van der Waals surface area contributed by atoms with Gasteiger partial charge in [-0.2, -0.15) is 38.2 Å². The molecule has 0 spiro atoms. The van der Waals surface area contributed by atoms with Crippen molar-refractivity contribution in [3.8, 4) is 0 Å². The van der Waals surface area contributed by atoms with Gasteiger partial charge in [-0.3, -0.25) is 27.8 Å². The Kier molecular flexibility index (Phi) is 12.4. The smallest absolute Gasteiger partial charge is 0.303 e. The van der Waals surface area contributed by atoms with Crippen LogP contribution in [0.3, 0.4) is 0 Å². The second kappa shape index (κ2) is 16.0. The van der Waals surface area contributed by atoms with Crippen LogP contribution < -0.4 is 4.90 Å². The minimum atomic E-state index is -4.71. The number of carbonyl (C=O) groups excluding carboxylic acids is 1. The number of Topliss-reactive ketones (excluding diaryl/α,β-unsaturated/α-hetero) is 1. The Morgan fingerprint density at radius 2 is 1.38 bits per heavy atom. The quantitative estimate of drug-likeness (QED) is 0.0576. The molecule has 0 bridgehead atoms. The molecule has 2 aromatic rings. The standard InChI is InChI=1S/C36H44N2O16S4/c1-35(2)26-18-22(57(49,50)51)9-11-28(26)37(14-6-16-55(43,44)45)30(35)20-24-33(41)25(34(24)42)21-31-36(3,13-5-4-8-32(39)40)27-19-23(58(52,53)54)10-12-29(27)38(31)15-7-17-56(46,47)48/h9-12,18-21,24,33,41H,4-8,13-17H2,1-3H3,(H4-,39,40,43,44,45,46,47,48,49,50,51,52,53,54)/p+1/t24?,33?,36-/m1/s1. The van der Waals surface area contributed by atoms with Gasteiger partial charge in [0.05, 0.1) is 38.7 Å². The number of anilines is 1. The predicted octanol–water partition coefficient (Wildman–Crippen LogP) is 2.91. The lowest BCUT2D eigenvalue weighted by atomic mass is 9.69. The van der Waals surface area contributed by atoms with Crippen molar-refractivity contribution >= 4 is 69.3 Å². The van der Waals surface area contributed by atoms with E-state index >= 15 is 0 Å². The first-order valence-electron chi connectivity index (χ1n) is 18.0. The normalized spacial score (nSPS) is 23.4. The van der Waals surface area contributed by atoms with Crippen molar-refractivity contribution in [2.24, 2.45) is 5.92 Å². The molecule has 318 valence electrons.